The molecule has 112 valence electrons. The van der Waals surface area contributed by atoms with Crippen molar-refractivity contribution in [2.75, 3.05) is 0 Å². The van der Waals surface area contributed by atoms with Crippen LogP contribution in [0.25, 0.3) is 11.3 Å². The first-order valence-corrected chi connectivity index (χ1v) is 7.74. The predicted molar refractivity (Wildman–Crippen MR) is 78.9 cm³/mol. The normalized spacial score (nSPS) is 10.9. The van der Waals surface area contributed by atoms with E-state index in [1.165, 1.54) is 29.5 Å². The first-order chi connectivity index (χ1) is 10.5. The largest absolute Gasteiger partial charge is 0.452 e. The van der Waals surface area contributed by atoms with E-state index in [1.54, 1.807) is 6.92 Å². The summed E-state index contributed by atoms with van der Waals surface area (Å²) in [7, 11) is 0. The minimum atomic E-state index is -0.749. The molecule has 3 aromatic rings. The fraction of sp³-hybridized carbons (Fsp3) is 0.0714. The highest BCUT2D eigenvalue weighted by Crippen LogP contribution is 2.31. The number of thioether (sulfide) groups is 1. The zero-order valence-corrected chi connectivity index (χ0v) is 12.8. The number of carbonyl (C=O) groups is 1. The van der Waals surface area contributed by atoms with Crippen molar-refractivity contribution in [3.63, 3.8) is 0 Å². The van der Waals surface area contributed by atoms with E-state index >= 15 is 0 Å². The van der Waals surface area contributed by atoms with E-state index in [9.17, 15) is 13.6 Å². The number of aromatic nitrogens is 2. The van der Waals surface area contributed by atoms with Gasteiger partial charge in [-0.05, 0) is 43.0 Å². The van der Waals surface area contributed by atoms with Crippen LogP contribution in [0, 0.1) is 18.6 Å². The minimum Gasteiger partial charge on any atom is -0.452 e. The van der Waals surface area contributed by atoms with Crippen LogP contribution in [0.15, 0.2) is 39.1 Å². The van der Waals surface area contributed by atoms with Gasteiger partial charge in [-0.15, -0.1) is 10.2 Å². The molecule has 8 heteroatoms. The maximum absolute atomic E-state index is 13.7. The maximum Gasteiger partial charge on any atom is 0.261 e. The third kappa shape index (κ3) is 2.93. The Morgan fingerprint density at radius 2 is 1.91 bits per heavy atom. The molecule has 2 aromatic heterocycles. The lowest BCUT2D eigenvalue weighted by Gasteiger charge is -2.00. The summed E-state index contributed by atoms with van der Waals surface area (Å²) in [5.74, 6) is -1.54. The van der Waals surface area contributed by atoms with E-state index in [2.05, 4.69) is 10.2 Å². The van der Waals surface area contributed by atoms with Crippen LogP contribution in [0.5, 0.6) is 0 Å². The molecule has 0 atom stereocenters. The summed E-state index contributed by atoms with van der Waals surface area (Å²) >= 11 is 2.14. The maximum atomic E-state index is 13.7. The van der Waals surface area contributed by atoms with Gasteiger partial charge in [0.2, 0.25) is 0 Å². The molecule has 22 heavy (non-hydrogen) atoms. The van der Waals surface area contributed by atoms with Gasteiger partial charge in [-0.3, -0.25) is 4.79 Å². The molecule has 0 bridgehead atoms. The summed E-state index contributed by atoms with van der Waals surface area (Å²) in [6, 6.07) is 6.25. The van der Waals surface area contributed by atoms with E-state index in [0.717, 1.165) is 28.9 Å². The molecule has 0 amide bonds. The van der Waals surface area contributed by atoms with Crippen molar-refractivity contribution in [2.24, 2.45) is 0 Å². The van der Waals surface area contributed by atoms with Crippen molar-refractivity contribution in [3.8, 4) is 11.3 Å². The third-order valence-corrected chi connectivity index (χ3v) is 4.48. The number of benzene rings is 1. The van der Waals surface area contributed by atoms with E-state index < -0.39 is 16.7 Å². The van der Waals surface area contributed by atoms with Crippen molar-refractivity contribution in [1.29, 1.82) is 0 Å². The van der Waals surface area contributed by atoms with Gasteiger partial charge in [-0.2, -0.15) is 0 Å². The van der Waals surface area contributed by atoms with E-state index in [-0.39, 0.29) is 17.1 Å². The van der Waals surface area contributed by atoms with Crippen molar-refractivity contribution in [3.05, 3.63) is 52.7 Å². The number of rotatable bonds is 3. The first-order valence-electron chi connectivity index (χ1n) is 6.11. The number of nitrogens with zero attached hydrogens (tertiary/aromatic N) is 2. The SMILES string of the molecule is Cc1nnc(SC(=O)c2ccc(-c3c(F)cccc3F)o2)s1. The summed E-state index contributed by atoms with van der Waals surface area (Å²) in [4.78, 5) is 12.1. The van der Waals surface area contributed by atoms with E-state index in [0.29, 0.717) is 4.34 Å². The Balaban J connectivity index is 1.86. The molecule has 0 saturated carbocycles. The first kappa shape index (κ1) is 14.9. The van der Waals surface area contributed by atoms with Crippen molar-refractivity contribution >= 4 is 28.2 Å². The average molecular weight is 338 g/mol. The number of hydrogen-bond acceptors (Lipinski definition) is 6. The Morgan fingerprint density at radius 1 is 1.18 bits per heavy atom. The van der Waals surface area contributed by atoms with Gasteiger partial charge in [-0.25, -0.2) is 8.78 Å². The zero-order valence-electron chi connectivity index (χ0n) is 11.2. The van der Waals surface area contributed by atoms with Gasteiger partial charge in [0.05, 0.1) is 5.56 Å². The van der Waals surface area contributed by atoms with Crippen LogP contribution in [0.3, 0.4) is 0 Å². The zero-order chi connectivity index (χ0) is 15.7. The number of aryl methyl sites for hydroxylation is 1. The van der Waals surface area contributed by atoms with Gasteiger partial charge in [0.15, 0.2) is 10.1 Å². The van der Waals surface area contributed by atoms with Crippen molar-refractivity contribution < 1.29 is 18.0 Å². The molecule has 0 saturated heterocycles. The van der Waals surface area contributed by atoms with Crippen LogP contribution in [-0.4, -0.2) is 15.3 Å². The standard InChI is InChI=1S/C14H8F2N2O2S2/c1-7-17-18-14(21-7)22-13(19)11-6-5-10(20-11)12-8(15)3-2-4-9(12)16/h2-6H,1H3. The van der Waals surface area contributed by atoms with Crippen LogP contribution < -0.4 is 0 Å². The van der Waals surface area contributed by atoms with Crippen LogP contribution >= 0.6 is 23.1 Å². The average Bonchev–Trinajstić information content (AvgIpc) is 3.08. The summed E-state index contributed by atoms with van der Waals surface area (Å²) in [6.07, 6.45) is 0. The van der Waals surface area contributed by atoms with Crippen LogP contribution in [0.1, 0.15) is 15.6 Å². The molecule has 2 heterocycles. The van der Waals surface area contributed by atoms with Crippen LogP contribution in [0.4, 0.5) is 8.78 Å². The molecule has 1 aromatic carbocycles. The van der Waals surface area contributed by atoms with Crippen LogP contribution in [-0.2, 0) is 0 Å². The monoisotopic (exact) mass is 338 g/mol. The van der Waals surface area contributed by atoms with Crippen molar-refractivity contribution in [1.82, 2.24) is 10.2 Å². The van der Waals surface area contributed by atoms with E-state index in [1.807, 2.05) is 0 Å². The second kappa shape index (κ2) is 5.98. The van der Waals surface area contributed by atoms with Gasteiger partial charge in [0.1, 0.15) is 22.4 Å². The number of carbonyl (C=O) groups excluding carboxylic acids is 1. The number of furan rings is 1. The third-order valence-electron chi connectivity index (χ3n) is 2.70. The minimum absolute atomic E-state index is 0.00416. The Labute approximate surface area is 132 Å². The topological polar surface area (TPSA) is 56.0 Å². The molecule has 0 spiro atoms. The highest BCUT2D eigenvalue weighted by molar-refractivity contribution is 8.15. The van der Waals surface area contributed by atoms with Gasteiger partial charge in [-0.1, -0.05) is 17.4 Å². The Hall–Kier alpha value is -2.06. The molecule has 0 aliphatic rings. The summed E-state index contributed by atoms with van der Waals surface area (Å²) in [5, 5.41) is 7.96. The van der Waals surface area contributed by atoms with Gasteiger partial charge >= 0.3 is 0 Å². The molecule has 0 aliphatic heterocycles. The quantitative estimate of drug-likeness (QED) is 0.666. The summed E-state index contributed by atoms with van der Waals surface area (Å²) < 4.78 is 33.1. The van der Waals surface area contributed by atoms with Crippen LogP contribution in [0.2, 0.25) is 0 Å². The summed E-state index contributed by atoms with van der Waals surface area (Å²) in [6.45, 7) is 1.78. The fourth-order valence-electron chi connectivity index (χ4n) is 1.76. The highest BCUT2D eigenvalue weighted by Gasteiger charge is 2.19. The number of halogens is 2. The molecule has 0 radical (unpaired) electrons. The Bertz CT molecular complexity index is 825. The molecule has 0 fully saturated rings. The Kier molecular flexibility index (Phi) is 4.04. The fourth-order valence-corrected chi connectivity index (χ4v) is 3.39. The molecule has 3 rings (SSSR count). The smallest absolute Gasteiger partial charge is 0.261 e. The lowest BCUT2D eigenvalue weighted by atomic mass is 10.1. The molecular formula is C14H8F2N2O2S2. The van der Waals surface area contributed by atoms with Gasteiger partial charge in [0, 0.05) is 0 Å². The van der Waals surface area contributed by atoms with Gasteiger partial charge in [0.25, 0.3) is 5.12 Å². The molecule has 0 N–H and O–H groups in total. The lowest BCUT2D eigenvalue weighted by molar-refractivity contribution is 0.106. The molecular weight excluding hydrogens is 330 g/mol. The molecule has 0 unspecified atom stereocenters. The predicted octanol–water partition coefficient (Wildman–Crippen LogP) is 4.32. The highest BCUT2D eigenvalue weighted by atomic mass is 32.2. The lowest BCUT2D eigenvalue weighted by Crippen LogP contribution is -1.90. The number of hydrogen-bond donors (Lipinski definition) is 0. The molecule has 0 aliphatic carbocycles. The second-order valence-electron chi connectivity index (χ2n) is 4.24. The van der Waals surface area contributed by atoms with Gasteiger partial charge < -0.3 is 4.42 Å². The van der Waals surface area contributed by atoms with E-state index in [4.69, 9.17) is 4.42 Å². The summed E-state index contributed by atoms with van der Waals surface area (Å²) in [5.41, 5.74) is -0.293. The molecule has 4 nitrogen and oxygen atoms in total. The Morgan fingerprint density at radius 3 is 2.55 bits per heavy atom. The second-order valence-corrected chi connectivity index (χ2v) is 6.64. The van der Waals surface area contributed by atoms with Crippen molar-refractivity contribution in [2.45, 2.75) is 11.3 Å².